The molecule has 2 aromatic rings. The number of thiazole rings is 1. The van der Waals surface area contributed by atoms with Crippen LogP contribution in [-0.4, -0.2) is 42.0 Å². The van der Waals surface area contributed by atoms with Gasteiger partial charge in [-0.3, -0.25) is 4.79 Å². The van der Waals surface area contributed by atoms with Crippen LogP contribution >= 0.6 is 22.9 Å². The zero-order valence-electron chi connectivity index (χ0n) is 12.0. The van der Waals surface area contributed by atoms with Crippen LogP contribution in [0.25, 0.3) is 10.2 Å². The summed E-state index contributed by atoms with van der Waals surface area (Å²) in [5.74, 6) is 0.268. The molecule has 1 aliphatic heterocycles. The zero-order valence-corrected chi connectivity index (χ0v) is 13.6. The normalized spacial score (nSPS) is 15.7. The van der Waals surface area contributed by atoms with Crippen molar-refractivity contribution in [3.63, 3.8) is 0 Å². The lowest BCUT2D eigenvalue weighted by molar-refractivity contribution is -0.131. The Bertz CT molecular complexity index is 649. The molecule has 1 aromatic carbocycles. The van der Waals surface area contributed by atoms with Crippen molar-refractivity contribution in [3.8, 4) is 0 Å². The number of hydrogen-bond donors (Lipinski definition) is 0. The van der Waals surface area contributed by atoms with E-state index in [2.05, 4.69) is 9.88 Å². The average Bonchev–Trinajstić information content (AvgIpc) is 2.93. The second-order valence-corrected chi connectivity index (χ2v) is 6.62. The molecule has 1 aliphatic rings. The molecule has 0 radical (unpaired) electrons. The van der Waals surface area contributed by atoms with Gasteiger partial charge in [0.05, 0.1) is 9.72 Å². The molecule has 2 heterocycles. The van der Waals surface area contributed by atoms with Crippen molar-refractivity contribution < 1.29 is 4.79 Å². The minimum absolute atomic E-state index is 0.268. The van der Waals surface area contributed by atoms with Crippen LogP contribution < -0.4 is 4.90 Å². The highest BCUT2D eigenvalue weighted by Gasteiger charge is 2.22. The number of anilines is 1. The van der Waals surface area contributed by atoms with Crippen LogP contribution in [0.3, 0.4) is 0 Å². The second-order valence-electron chi connectivity index (χ2n) is 5.20. The highest BCUT2D eigenvalue weighted by atomic mass is 35.5. The Morgan fingerprint density at radius 2 is 2.10 bits per heavy atom. The van der Waals surface area contributed by atoms with Gasteiger partial charge in [0.25, 0.3) is 0 Å². The fourth-order valence-corrected chi connectivity index (χ4v) is 3.87. The van der Waals surface area contributed by atoms with Crippen molar-refractivity contribution in [2.24, 2.45) is 0 Å². The second kappa shape index (κ2) is 6.20. The molecule has 0 N–H and O–H groups in total. The van der Waals surface area contributed by atoms with Crippen LogP contribution in [-0.2, 0) is 4.79 Å². The Balaban J connectivity index is 1.71. The third-order valence-corrected chi connectivity index (χ3v) is 5.11. The van der Waals surface area contributed by atoms with Crippen LogP contribution in [0.2, 0.25) is 5.02 Å². The molecule has 112 valence electrons. The van der Waals surface area contributed by atoms with E-state index in [0.717, 1.165) is 47.9 Å². The van der Waals surface area contributed by atoms with E-state index in [1.807, 2.05) is 30.0 Å². The van der Waals surface area contributed by atoms with Gasteiger partial charge < -0.3 is 9.80 Å². The number of aromatic nitrogens is 1. The van der Waals surface area contributed by atoms with Crippen molar-refractivity contribution in [3.05, 3.63) is 23.2 Å². The molecule has 21 heavy (non-hydrogen) atoms. The van der Waals surface area contributed by atoms with E-state index in [9.17, 15) is 4.79 Å². The number of rotatable bonds is 3. The average molecular weight is 324 g/mol. The van der Waals surface area contributed by atoms with Crippen LogP contribution in [0.5, 0.6) is 0 Å². The van der Waals surface area contributed by atoms with E-state index in [1.54, 1.807) is 11.3 Å². The third kappa shape index (κ3) is 2.99. The molecule has 0 saturated carbocycles. The number of nitrogens with zero attached hydrogens (tertiary/aromatic N) is 3. The molecule has 3 rings (SSSR count). The number of carbonyl (C=O) groups excluding carboxylic acids is 1. The van der Waals surface area contributed by atoms with E-state index < -0.39 is 0 Å². The molecular formula is C15H18ClN3OS. The molecule has 0 atom stereocenters. The van der Waals surface area contributed by atoms with Crippen molar-refractivity contribution in [2.45, 2.75) is 19.8 Å². The number of para-hydroxylation sites is 1. The van der Waals surface area contributed by atoms with Crippen molar-refractivity contribution in [1.82, 2.24) is 9.88 Å². The predicted molar refractivity (Wildman–Crippen MR) is 88.3 cm³/mol. The highest BCUT2D eigenvalue weighted by molar-refractivity contribution is 7.22. The van der Waals surface area contributed by atoms with Gasteiger partial charge >= 0.3 is 0 Å². The van der Waals surface area contributed by atoms with E-state index in [-0.39, 0.29) is 5.91 Å². The topological polar surface area (TPSA) is 36.4 Å². The Hall–Kier alpha value is -1.33. The Morgan fingerprint density at radius 1 is 1.33 bits per heavy atom. The third-order valence-electron chi connectivity index (χ3n) is 3.73. The number of amides is 1. The Kier molecular flexibility index (Phi) is 4.31. The Morgan fingerprint density at radius 3 is 2.76 bits per heavy atom. The lowest BCUT2D eigenvalue weighted by Gasteiger charge is -2.34. The van der Waals surface area contributed by atoms with E-state index in [4.69, 9.17) is 11.6 Å². The zero-order chi connectivity index (χ0) is 14.8. The number of benzene rings is 1. The summed E-state index contributed by atoms with van der Waals surface area (Å²) in [6.45, 7) is 5.28. The molecule has 0 spiro atoms. The summed E-state index contributed by atoms with van der Waals surface area (Å²) in [5, 5.41) is 1.70. The van der Waals surface area contributed by atoms with Gasteiger partial charge in [0.1, 0.15) is 5.52 Å². The summed E-state index contributed by atoms with van der Waals surface area (Å²) in [5.41, 5.74) is 0.878. The fraction of sp³-hybridized carbons (Fsp3) is 0.467. The maximum absolute atomic E-state index is 11.9. The molecule has 1 amide bonds. The molecular weight excluding hydrogens is 306 g/mol. The van der Waals surface area contributed by atoms with Gasteiger partial charge in [-0.15, -0.1) is 0 Å². The molecule has 1 saturated heterocycles. The minimum Gasteiger partial charge on any atom is -0.345 e. The lowest BCUT2D eigenvalue weighted by Crippen LogP contribution is -2.48. The van der Waals surface area contributed by atoms with Gasteiger partial charge in [-0.25, -0.2) is 4.98 Å². The largest absolute Gasteiger partial charge is 0.345 e. The predicted octanol–water partition coefficient (Wildman–Crippen LogP) is 3.40. The summed E-state index contributed by atoms with van der Waals surface area (Å²) in [7, 11) is 0. The molecule has 1 aromatic heterocycles. The first-order valence-corrected chi connectivity index (χ1v) is 8.46. The number of hydrogen-bond acceptors (Lipinski definition) is 4. The minimum atomic E-state index is 0.268. The molecule has 4 nitrogen and oxygen atoms in total. The standard InChI is InChI=1S/C15H18ClN3OS/c1-2-4-13(20)18-7-9-19(10-8-18)15-17-14-11(16)5-3-6-12(14)21-15/h3,5-6H,2,4,7-10H2,1H3. The van der Waals surface area contributed by atoms with Crippen molar-refractivity contribution in [1.29, 1.82) is 0 Å². The van der Waals surface area contributed by atoms with Gasteiger partial charge in [-0.2, -0.15) is 0 Å². The summed E-state index contributed by atoms with van der Waals surface area (Å²) in [4.78, 5) is 20.8. The van der Waals surface area contributed by atoms with Crippen molar-refractivity contribution in [2.75, 3.05) is 31.1 Å². The molecule has 0 unspecified atom stereocenters. The Labute approximate surface area is 133 Å². The summed E-state index contributed by atoms with van der Waals surface area (Å²) >= 11 is 7.85. The first-order valence-electron chi connectivity index (χ1n) is 7.27. The van der Waals surface area contributed by atoms with Gasteiger partial charge in [-0.1, -0.05) is 35.9 Å². The molecule has 0 bridgehead atoms. The van der Waals surface area contributed by atoms with Gasteiger partial charge in [-0.05, 0) is 18.6 Å². The number of fused-ring (bicyclic) bond motifs is 1. The van der Waals surface area contributed by atoms with Crippen LogP contribution in [0.1, 0.15) is 19.8 Å². The molecule has 0 aliphatic carbocycles. The smallest absolute Gasteiger partial charge is 0.222 e. The van der Waals surface area contributed by atoms with E-state index in [1.165, 1.54) is 0 Å². The van der Waals surface area contributed by atoms with Crippen LogP contribution in [0, 0.1) is 0 Å². The first kappa shape index (κ1) is 14.6. The van der Waals surface area contributed by atoms with E-state index >= 15 is 0 Å². The highest BCUT2D eigenvalue weighted by Crippen LogP contribution is 2.33. The first-order chi connectivity index (χ1) is 10.2. The lowest BCUT2D eigenvalue weighted by atomic mass is 10.2. The summed E-state index contributed by atoms with van der Waals surface area (Å²) < 4.78 is 1.11. The number of piperazine rings is 1. The van der Waals surface area contributed by atoms with Crippen LogP contribution in [0.4, 0.5) is 5.13 Å². The van der Waals surface area contributed by atoms with Gasteiger partial charge in [0, 0.05) is 32.6 Å². The molecule has 1 fully saturated rings. The SMILES string of the molecule is CCCC(=O)N1CCN(c2nc3c(Cl)cccc3s2)CC1. The van der Waals surface area contributed by atoms with Gasteiger partial charge in [0.15, 0.2) is 5.13 Å². The number of halogens is 1. The number of carbonyl (C=O) groups is 1. The maximum atomic E-state index is 11.9. The summed E-state index contributed by atoms with van der Waals surface area (Å²) in [6, 6.07) is 5.87. The van der Waals surface area contributed by atoms with Crippen molar-refractivity contribution >= 4 is 44.2 Å². The fourth-order valence-electron chi connectivity index (χ4n) is 2.56. The van der Waals surface area contributed by atoms with Gasteiger partial charge in [0.2, 0.25) is 5.91 Å². The van der Waals surface area contributed by atoms with Crippen LogP contribution in [0.15, 0.2) is 18.2 Å². The molecule has 6 heteroatoms. The van der Waals surface area contributed by atoms with E-state index in [0.29, 0.717) is 11.4 Å². The quantitative estimate of drug-likeness (QED) is 0.868. The maximum Gasteiger partial charge on any atom is 0.222 e. The monoisotopic (exact) mass is 323 g/mol. The summed E-state index contributed by atoms with van der Waals surface area (Å²) in [6.07, 6.45) is 1.56.